The molecular formula is C14H20FNO2. The molecule has 3 N–H and O–H groups in total. The summed E-state index contributed by atoms with van der Waals surface area (Å²) in [5.41, 5.74) is 5.80. The zero-order chi connectivity index (χ0) is 13.0. The van der Waals surface area contributed by atoms with Gasteiger partial charge in [0.15, 0.2) is 0 Å². The second kappa shape index (κ2) is 3.80. The van der Waals surface area contributed by atoms with E-state index in [1.165, 1.54) is 5.57 Å². The molecular weight excluding hydrogens is 233 g/mol. The molecule has 4 heteroatoms. The van der Waals surface area contributed by atoms with E-state index in [1.54, 1.807) is 0 Å². The summed E-state index contributed by atoms with van der Waals surface area (Å²) < 4.78 is 13.8. The molecule has 3 aliphatic carbocycles. The molecule has 0 aromatic carbocycles. The summed E-state index contributed by atoms with van der Waals surface area (Å²) in [6.45, 7) is 0.422. The van der Waals surface area contributed by atoms with E-state index in [0.717, 1.165) is 12.8 Å². The number of rotatable bonds is 5. The zero-order valence-electron chi connectivity index (χ0n) is 10.5. The van der Waals surface area contributed by atoms with E-state index in [2.05, 4.69) is 6.08 Å². The zero-order valence-corrected chi connectivity index (χ0v) is 10.5. The number of aliphatic carboxylic acids is 1. The monoisotopic (exact) mass is 253 g/mol. The Labute approximate surface area is 106 Å². The van der Waals surface area contributed by atoms with Gasteiger partial charge in [0.2, 0.25) is 0 Å². The predicted octanol–water partition coefficient (Wildman–Crippen LogP) is 2.26. The van der Waals surface area contributed by atoms with Gasteiger partial charge in [0.05, 0.1) is 6.42 Å². The summed E-state index contributed by atoms with van der Waals surface area (Å²) in [4.78, 5) is 10.9. The Balaban J connectivity index is 1.70. The average Bonchev–Trinajstić information content (AvgIpc) is 2.91. The molecule has 0 amide bonds. The molecule has 0 aliphatic heterocycles. The number of carboxylic acids is 1. The number of hydrogen-bond donors (Lipinski definition) is 2. The largest absolute Gasteiger partial charge is 0.481 e. The molecule has 3 rings (SSSR count). The molecule has 0 aromatic rings. The van der Waals surface area contributed by atoms with Crippen LogP contribution in [0.4, 0.5) is 4.39 Å². The molecule has 3 atom stereocenters. The van der Waals surface area contributed by atoms with Crippen molar-refractivity contribution >= 4 is 5.97 Å². The first-order chi connectivity index (χ1) is 8.46. The first-order valence-corrected chi connectivity index (χ1v) is 6.77. The van der Waals surface area contributed by atoms with Crippen LogP contribution < -0.4 is 5.73 Å². The van der Waals surface area contributed by atoms with Crippen LogP contribution in [0.15, 0.2) is 11.6 Å². The number of hydrogen-bond acceptors (Lipinski definition) is 2. The van der Waals surface area contributed by atoms with Crippen molar-refractivity contribution in [2.45, 2.75) is 44.2 Å². The van der Waals surface area contributed by atoms with Gasteiger partial charge in [-0.1, -0.05) is 11.6 Å². The number of nitrogens with two attached hydrogens (primary N) is 1. The summed E-state index contributed by atoms with van der Waals surface area (Å²) in [5.74, 6) is 0.0195. The van der Waals surface area contributed by atoms with Crippen molar-refractivity contribution in [3.8, 4) is 0 Å². The third-order valence-electron chi connectivity index (χ3n) is 5.07. The highest BCUT2D eigenvalue weighted by atomic mass is 19.1. The fourth-order valence-corrected chi connectivity index (χ4v) is 3.93. The van der Waals surface area contributed by atoms with Gasteiger partial charge in [-0.05, 0) is 49.5 Å². The summed E-state index contributed by atoms with van der Waals surface area (Å²) >= 11 is 0. The van der Waals surface area contributed by atoms with Gasteiger partial charge in [-0.15, -0.1) is 0 Å². The van der Waals surface area contributed by atoms with E-state index in [4.69, 9.17) is 10.8 Å². The van der Waals surface area contributed by atoms with Crippen molar-refractivity contribution in [1.82, 2.24) is 0 Å². The number of fused-ring (bicyclic) bond motifs is 1. The van der Waals surface area contributed by atoms with E-state index in [9.17, 15) is 9.18 Å². The summed E-state index contributed by atoms with van der Waals surface area (Å²) in [6, 6.07) is 0. The fraction of sp³-hybridized carbons (Fsp3) is 0.786. The highest BCUT2D eigenvalue weighted by Crippen LogP contribution is 2.61. The van der Waals surface area contributed by atoms with Gasteiger partial charge in [0.1, 0.15) is 5.67 Å². The van der Waals surface area contributed by atoms with Crippen molar-refractivity contribution in [1.29, 1.82) is 0 Å². The minimum atomic E-state index is -0.937. The third kappa shape index (κ3) is 1.87. The molecule has 100 valence electrons. The first-order valence-electron chi connectivity index (χ1n) is 6.77. The average molecular weight is 253 g/mol. The molecule has 0 saturated heterocycles. The minimum absolute atomic E-state index is 0.148. The lowest BCUT2D eigenvalue weighted by atomic mass is 9.53. The second-order valence-corrected chi connectivity index (χ2v) is 6.48. The molecule has 3 aliphatic rings. The van der Waals surface area contributed by atoms with Crippen LogP contribution in [0.2, 0.25) is 0 Å². The SMILES string of the molecule is NC[C@]1(CC(=O)O)C[C@H]2CC(CC3(F)CC3)=CC21. The molecule has 18 heavy (non-hydrogen) atoms. The summed E-state index contributed by atoms with van der Waals surface area (Å²) in [5, 5.41) is 8.99. The van der Waals surface area contributed by atoms with Gasteiger partial charge in [0, 0.05) is 6.42 Å². The van der Waals surface area contributed by atoms with E-state index in [0.29, 0.717) is 31.7 Å². The van der Waals surface area contributed by atoms with Gasteiger partial charge >= 0.3 is 5.97 Å². The quantitative estimate of drug-likeness (QED) is 0.739. The summed E-state index contributed by atoms with van der Waals surface area (Å²) in [6.07, 6.45) is 6.08. The van der Waals surface area contributed by atoms with Crippen molar-refractivity contribution < 1.29 is 14.3 Å². The van der Waals surface area contributed by atoms with Gasteiger partial charge in [-0.3, -0.25) is 4.79 Å². The molecule has 1 unspecified atom stereocenters. The van der Waals surface area contributed by atoms with Crippen LogP contribution in [0.3, 0.4) is 0 Å². The number of carboxylic acid groups (broad SMARTS) is 1. The van der Waals surface area contributed by atoms with Crippen LogP contribution in [-0.4, -0.2) is 23.3 Å². The van der Waals surface area contributed by atoms with Crippen LogP contribution in [0.1, 0.15) is 38.5 Å². The van der Waals surface area contributed by atoms with Crippen LogP contribution in [0.25, 0.3) is 0 Å². The molecule has 0 radical (unpaired) electrons. The second-order valence-electron chi connectivity index (χ2n) is 6.48. The van der Waals surface area contributed by atoms with Crippen LogP contribution in [0, 0.1) is 17.3 Å². The van der Waals surface area contributed by atoms with Crippen LogP contribution >= 0.6 is 0 Å². The Morgan fingerprint density at radius 2 is 2.28 bits per heavy atom. The Kier molecular flexibility index (Phi) is 2.56. The standard InChI is InChI=1S/C14H20FNO2/c15-14(1-2-14)5-9-3-10-6-13(8-16,7-12(17)18)11(10)4-9/h4,10-11H,1-3,5-8,16H2,(H,17,18)/t10-,11?,13-/m1/s1. The lowest BCUT2D eigenvalue weighted by Crippen LogP contribution is -2.51. The molecule has 2 fully saturated rings. The topological polar surface area (TPSA) is 63.3 Å². The lowest BCUT2D eigenvalue weighted by molar-refractivity contribution is -0.144. The van der Waals surface area contributed by atoms with Crippen LogP contribution in [-0.2, 0) is 4.79 Å². The van der Waals surface area contributed by atoms with Crippen molar-refractivity contribution in [3.63, 3.8) is 0 Å². The van der Waals surface area contributed by atoms with Crippen molar-refractivity contribution in [3.05, 3.63) is 11.6 Å². The van der Waals surface area contributed by atoms with Crippen molar-refractivity contribution in [2.24, 2.45) is 23.0 Å². The molecule has 3 nitrogen and oxygen atoms in total. The number of halogens is 1. The smallest absolute Gasteiger partial charge is 0.303 e. The Morgan fingerprint density at radius 3 is 2.83 bits per heavy atom. The summed E-state index contributed by atoms with van der Waals surface area (Å²) in [7, 11) is 0. The van der Waals surface area contributed by atoms with Gasteiger partial charge in [-0.25, -0.2) is 4.39 Å². The Hall–Kier alpha value is -0.900. The van der Waals surface area contributed by atoms with Gasteiger partial charge in [-0.2, -0.15) is 0 Å². The molecule has 0 spiro atoms. The molecule has 0 aromatic heterocycles. The maximum absolute atomic E-state index is 13.8. The predicted molar refractivity (Wildman–Crippen MR) is 65.7 cm³/mol. The first kappa shape index (κ1) is 12.2. The van der Waals surface area contributed by atoms with E-state index < -0.39 is 11.6 Å². The van der Waals surface area contributed by atoms with E-state index in [1.807, 2.05) is 0 Å². The fourth-order valence-electron chi connectivity index (χ4n) is 3.93. The number of alkyl halides is 1. The third-order valence-corrected chi connectivity index (χ3v) is 5.07. The van der Waals surface area contributed by atoms with Gasteiger partial charge in [0.25, 0.3) is 0 Å². The van der Waals surface area contributed by atoms with Crippen molar-refractivity contribution in [2.75, 3.05) is 6.54 Å². The highest BCUT2D eigenvalue weighted by molar-refractivity contribution is 5.68. The van der Waals surface area contributed by atoms with Gasteiger partial charge < -0.3 is 10.8 Å². The number of allylic oxidation sites excluding steroid dienone is 2. The molecule has 0 bridgehead atoms. The maximum atomic E-state index is 13.8. The Morgan fingerprint density at radius 1 is 1.56 bits per heavy atom. The van der Waals surface area contributed by atoms with E-state index >= 15 is 0 Å². The number of carbonyl (C=O) groups is 1. The van der Waals surface area contributed by atoms with E-state index in [-0.39, 0.29) is 17.8 Å². The molecule has 2 saturated carbocycles. The normalized spacial score (nSPS) is 39.8. The van der Waals surface area contributed by atoms with Crippen LogP contribution in [0.5, 0.6) is 0 Å². The minimum Gasteiger partial charge on any atom is -0.481 e. The maximum Gasteiger partial charge on any atom is 0.303 e. The lowest BCUT2D eigenvalue weighted by Gasteiger charge is -2.51. The highest BCUT2D eigenvalue weighted by Gasteiger charge is 2.56. The Bertz CT molecular complexity index is 416. The molecule has 0 heterocycles.